The average molecular weight is 755 g/mol. The van der Waals surface area contributed by atoms with Gasteiger partial charge in [-0.05, 0) is 51.4 Å². The molecule has 0 saturated carbocycles. The lowest BCUT2D eigenvalue weighted by molar-refractivity contribution is -0.153. The third kappa shape index (κ3) is 34.7. The predicted octanol–water partition coefficient (Wildman–Crippen LogP) is 9.94. The quantitative estimate of drug-likeness (QED) is 0.0244. The van der Waals surface area contributed by atoms with Crippen LogP contribution in [-0.2, 0) is 32.7 Å². The van der Waals surface area contributed by atoms with Crippen molar-refractivity contribution in [1.29, 1.82) is 0 Å². The zero-order valence-corrected chi connectivity index (χ0v) is 33.1. The summed E-state index contributed by atoms with van der Waals surface area (Å²) in [6.07, 6.45) is 39.2. The molecule has 300 valence electrons. The van der Waals surface area contributed by atoms with E-state index in [2.05, 4.69) is 62.5 Å². The molecule has 3 unspecified atom stereocenters. The second-order valence-corrected chi connectivity index (χ2v) is 14.3. The smallest absolute Gasteiger partial charge is 0.457 e. The minimum absolute atomic E-state index is 0.112. The van der Waals surface area contributed by atoms with E-state index in [0.29, 0.717) is 19.3 Å². The van der Waals surface area contributed by atoms with Crippen LogP contribution in [0.2, 0.25) is 0 Å². The van der Waals surface area contributed by atoms with E-state index in [4.69, 9.17) is 18.5 Å². The molecule has 0 amide bonds. The van der Waals surface area contributed by atoms with Gasteiger partial charge in [-0.15, -0.1) is 0 Å². The van der Waals surface area contributed by atoms with Crippen molar-refractivity contribution in [1.82, 2.24) is 0 Å². The maximum atomic E-state index is 12.3. The Bertz CT molecular complexity index is 1050. The van der Waals surface area contributed by atoms with Crippen molar-refractivity contribution in [2.45, 2.75) is 161 Å². The first-order valence-corrected chi connectivity index (χ1v) is 21.2. The van der Waals surface area contributed by atoms with E-state index in [0.717, 1.165) is 51.4 Å². The van der Waals surface area contributed by atoms with Gasteiger partial charge < -0.3 is 24.6 Å². The van der Waals surface area contributed by atoms with Gasteiger partial charge in [0.25, 0.3) is 0 Å². The molecule has 11 heteroatoms. The third-order valence-electron chi connectivity index (χ3n) is 7.99. The van der Waals surface area contributed by atoms with E-state index in [1.54, 1.807) is 0 Å². The maximum absolute atomic E-state index is 12.3. The molecule has 0 aromatic heterocycles. The van der Waals surface area contributed by atoms with Crippen LogP contribution in [-0.4, -0.2) is 65.7 Å². The second kappa shape index (κ2) is 37.0. The number of phosphoric acid groups is 1. The van der Waals surface area contributed by atoms with Crippen molar-refractivity contribution in [2.24, 2.45) is 0 Å². The number of carbonyl (C=O) groups is 2. The molecule has 3 atom stereocenters. The molecule has 10 nitrogen and oxygen atoms in total. The van der Waals surface area contributed by atoms with Gasteiger partial charge in [0, 0.05) is 12.8 Å². The number of esters is 2. The van der Waals surface area contributed by atoms with Crippen LogP contribution in [0.4, 0.5) is 0 Å². The molecule has 0 spiro atoms. The molecule has 0 aliphatic heterocycles. The van der Waals surface area contributed by atoms with E-state index in [1.807, 2.05) is 12.2 Å². The highest BCUT2D eigenvalue weighted by molar-refractivity contribution is 7.47. The number of aliphatic hydroxyl groups is 2. The normalized spacial score (nSPS) is 14.6. The molecule has 0 bridgehead atoms. The first-order valence-electron chi connectivity index (χ1n) is 19.7. The lowest BCUT2D eigenvalue weighted by atomic mass is 10.0. The Kier molecular flexibility index (Phi) is 35.3. The monoisotopic (exact) mass is 754 g/mol. The first-order chi connectivity index (χ1) is 25.3. The summed E-state index contributed by atoms with van der Waals surface area (Å²) in [6.45, 7) is 2.00. The van der Waals surface area contributed by atoms with Crippen LogP contribution < -0.4 is 0 Å². The van der Waals surface area contributed by atoms with Crippen LogP contribution in [0, 0.1) is 0 Å². The fourth-order valence-corrected chi connectivity index (χ4v) is 5.76. The molecule has 0 aliphatic rings. The second-order valence-electron chi connectivity index (χ2n) is 12.9. The van der Waals surface area contributed by atoms with Crippen LogP contribution >= 0.6 is 7.82 Å². The summed E-state index contributed by atoms with van der Waals surface area (Å²) in [7, 11) is -4.65. The van der Waals surface area contributed by atoms with Crippen LogP contribution in [0.25, 0.3) is 0 Å². The largest absolute Gasteiger partial charge is 0.472 e. The summed E-state index contributed by atoms with van der Waals surface area (Å²) in [6, 6.07) is 0. The molecule has 0 aliphatic carbocycles. The third-order valence-corrected chi connectivity index (χ3v) is 8.95. The van der Waals surface area contributed by atoms with E-state index < -0.39 is 58.4 Å². The first kappa shape index (κ1) is 49.7. The topological polar surface area (TPSA) is 149 Å². The van der Waals surface area contributed by atoms with Gasteiger partial charge >= 0.3 is 19.8 Å². The molecule has 0 radical (unpaired) electrons. The molecule has 52 heavy (non-hydrogen) atoms. The summed E-state index contributed by atoms with van der Waals surface area (Å²) in [4.78, 5) is 34.4. The predicted molar refractivity (Wildman–Crippen MR) is 210 cm³/mol. The van der Waals surface area contributed by atoms with Gasteiger partial charge in [-0.1, -0.05) is 145 Å². The number of aliphatic hydroxyl groups excluding tert-OH is 2. The highest BCUT2D eigenvalue weighted by atomic mass is 31.2. The average Bonchev–Trinajstić information content (AvgIpc) is 3.13. The van der Waals surface area contributed by atoms with Crippen molar-refractivity contribution in [3.8, 4) is 0 Å². The maximum Gasteiger partial charge on any atom is 0.472 e. The minimum Gasteiger partial charge on any atom is -0.457 e. The number of ether oxygens (including phenoxy) is 2. The lowest BCUT2D eigenvalue weighted by Crippen LogP contribution is -2.28. The molecule has 0 aromatic carbocycles. The summed E-state index contributed by atoms with van der Waals surface area (Å²) in [5.41, 5.74) is 0. The SMILES string of the molecule is CC/C=C\C/C=C\C/C=C\C/C=C\C/C=C\CCCC(=O)OC(CO)COP(=O)(O)OCC(CO)OC(=O)CCCCCCCCCCCCCC. The Balaban J connectivity index is 4.07. The van der Waals surface area contributed by atoms with Crippen molar-refractivity contribution >= 4 is 19.8 Å². The number of unbranched alkanes of at least 4 members (excludes halogenated alkanes) is 12. The molecule has 3 N–H and O–H groups in total. The van der Waals surface area contributed by atoms with Gasteiger partial charge in [0.2, 0.25) is 0 Å². The number of phosphoric ester groups is 1. The van der Waals surface area contributed by atoms with E-state index in [-0.39, 0.29) is 12.8 Å². The molecule has 0 heterocycles. The standard InChI is InChI=1S/C41H71O10P/c1-3-5-7-9-11-13-15-17-18-19-20-21-23-25-27-29-31-33-41(45)51-39(35-43)37-49-52(46,47)48-36-38(34-42)50-40(44)32-30-28-26-24-22-16-14-12-10-8-6-4-2/h5,7,11,13,17-18,20-21,25,27,38-39,42-43H,3-4,6,8-10,12,14-16,19,22-24,26,28-37H2,1-2H3,(H,46,47)/b7-5-,13-11-,18-17-,21-20-,27-25-. The van der Waals surface area contributed by atoms with Gasteiger partial charge in [0.15, 0.2) is 0 Å². The molecule has 0 saturated heterocycles. The fraction of sp³-hybridized carbons (Fsp3) is 0.707. The lowest BCUT2D eigenvalue weighted by Gasteiger charge is -2.20. The summed E-state index contributed by atoms with van der Waals surface area (Å²) in [5, 5.41) is 19.1. The highest BCUT2D eigenvalue weighted by Gasteiger charge is 2.27. The summed E-state index contributed by atoms with van der Waals surface area (Å²) < 4.78 is 32.4. The number of rotatable bonds is 36. The minimum atomic E-state index is -4.65. The zero-order valence-electron chi connectivity index (χ0n) is 32.3. The van der Waals surface area contributed by atoms with E-state index in [1.165, 1.54) is 51.4 Å². The number of hydrogen-bond donors (Lipinski definition) is 3. The fourth-order valence-electron chi connectivity index (χ4n) is 4.97. The van der Waals surface area contributed by atoms with Crippen LogP contribution in [0.15, 0.2) is 60.8 Å². The Morgan fingerprint density at radius 3 is 1.31 bits per heavy atom. The van der Waals surface area contributed by atoms with Gasteiger partial charge in [-0.25, -0.2) is 4.57 Å². The van der Waals surface area contributed by atoms with Crippen molar-refractivity contribution < 1.29 is 47.8 Å². The Labute approximate surface area is 315 Å². The zero-order chi connectivity index (χ0) is 38.4. The molecular weight excluding hydrogens is 683 g/mol. The molecule has 0 aromatic rings. The van der Waals surface area contributed by atoms with Gasteiger partial charge in [0.1, 0.15) is 12.2 Å². The van der Waals surface area contributed by atoms with E-state index in [9.17, 15) is 29.3 Å². The highest BCUT2D eigenvalue weighted by Crippen LogP contribution is 2.43. The van der Waals surface area contributed by atoms with Gasteiger partial charge in [-0.2, -0.15) is 0 Å². The van der Waals surface area contributed by atoms with Gasteiger partial charge in [0.05, 0.1) is 26.4 Å². The van der Waals surface area contributed by atoms with Crippen LogP contribution in [0.5, 0.6) is 0 Å². The Morgan fingerprint density at radius 2 is 0.904 bits per heavy atom. The van der Waals surface area contributed by atoms with E-state index >= 15 is 0 Å². The molecular formula is C41H71O10P. The Morgan fingerprint density at radius 1 is 0.538 bits per heavy atom. The number of carbonyl (C=O) groups excluding carboxylic acids is 2. The molecule has 0 rings (SSSR count). The molecule has 0 fully saturated rings. The number of hydrogen-bond acceptors (Lipinski definition) is 9. The van der Waals surface area contributed by atoms with Crippen molar-refractivity contribution in [3.63, 3.8) is 0 Å². The van der Waals surface area contributed by atoms with Crippen LogP contribution in [0.3, 0.4) is 0 Å². The summed E-state index contributed by atoms with van der Waals surface area (Å²) in [5.74, 6) is -1.08. The van der Waals surface area contributed by atoms with Crippen molar-refractivity contribution in [2.75, 3.05) is 26.4 Å². The van der Waals surface area contributed by atoms with Crippen molar-refractivity contribution in [3.05, 3.63) is 60.8 Å². The number of allylic oxidation sites excluding steroid dienone is 10. The summed E-state index contributed by atoms with van der Waals surface area (Å²) >= 11 is 0. The van der Waals surface area contributed by atoms with Gasteiger partial charge in [-0.3, -0.25) is 18.6 Å². The Hall–Kier alpha value is -2.33. The van der Waals surface area contributed by atoms with Crippen LogP contribution in [0.1, 0.15) is 149 Å².